The summed E-state index contributed by atoms with van der Waals surface area (Å²) < 4.78 is 16.2. The van der Waals surface area contributed by atoms with Crippen molar-refractivity contribution < 1.29 is 14.2 Å². The molecule has 1 saturated heterocycles. The van der Waals surface area contributed by atoms with Gasteiger partial charge >= 0.3 is 6.01 Å². The third-order valence-electron chi connectivity index (χ3n) is 5.05. The highest BCUT2D eigenvalue weighted by Gasteiger charge is 2.15. The standard InChI is InChI=1S/C22H20ClN5O3/c1-29-19-7-6-16(13-24-19)31-22-25-18-12-17(23)20(26-21(18)27-22)14-2-4-15(5-3-14)28-8-10-30-11-9-28/h2-7,12-13H,8-11H2,1H3,(H,25,26,27). The van der Waals surface area contributed by atoms with Crippen molar-refractivity contribution >= 4 is 28.5 Å². The second kappa shape index (κ2) is 8.41. The Kier molecular flexibility index (Phi) is 5.31. The molecule has 9 heteroatoms. The second-order valence-electron chi connectivity index (χ2n) is 7.02. The number of nitrogens with one attached hydrogen (secondary N) is 1. The quantitative estimate of drug-likeness (QED) is 0.497. The Morgan fingerprint density at radius 2 is 1.87 bits per heavy atom. The van der Waals surface area contributed by atoms with Gasteiger partial charge in [-0.3, -0.25) is 0 Å². The van der Waals surface area contributed by atoms with Crippen LogP contribution in [-0.4, -0.2) is 53.3 Å². The molecule has 0 amide bonds. The van der Waals surface area contributed by atoms with Crippen molar-refractivity contribution in [1.82, 2.24) is 19.9 Å². The van der Waals surface area contributed by atoms with Gasteiger partial charge in [0.15, 0.2) is 5.65 Å². The second-order valence-corrected chi connectivity index (χ2v) is 7.42. The Balaban J connectivity index is 1.39. The molecule has 4 aromatic rings. The van der Waals surface area contributed by atoms with Crippen molar-refractivity contribution in [2.24, 2.45) is 0 Å². The van der Waals surface area contributed by atoms with E-state index in [2.05, 4.69) is 37.0 Å². The molecule has 0 atom stereocenters. The summed E-state index contributed by atoms with van der Waals surface area (Å²) in [6, 6.07) is 13.8. The highest BCUT2D eigenvalue weighted by Crippen LogP contribution is 2.31. The number of imidazole rings is 1. The SMILES string of the molecule is COc1ccc(Oc2nc3nc(-c4ccc(N5CCOCC5)cc4)c(Cl)cc3[nH]2)cn1. The van der Waals surface area contributed by atoms with Crippen LogP contribution in [0.4, 0.5) is 5.69 Å². The van der Waals surface area contributed by atoms with Gasteiger partial charge in [0.1, 0.15) is 5.75 Å². The lowest BCUT2D eigenvalue weighted by atomic mass is 10.1. The summed E-state index contributed by atoms with van der Waals surface area (Å²) in [5.74, 6) is 1.04. The molecule has 1 fully saturated rings. The number of morpholine rings is 1. The van der Waals surface area contributed by atoms with Gasteiger partial charge in [0.25, 0.3) is 0 Å². The van der Waals surface area contributed by atoms with Crippen LogP contribution in [0.1, 0.15) is 0 Å². The molecule has 0 radical (unpaired) electrons. The van der Waals surface area contributed by atoms with Crippen molar-refractivity contribution in [3.63, 3.8) is 0 Å². The first-order valence-corrected chi connectivity index (χ1v) is 10.2. The summed E-state index contributed by atoms with van der Waals surface area (Å²) in [7, 11) is 1.56. The van der Waals surface area contributed by atoms with E-state index in [9.17, 15) is 0 Å². The molecule has 4 heterocycles. The zero-order chi connectivity index (χ0) is 21.2. The maximum Gasteiger partial charge on any atom is 0.301 e. The largest absolute Gasteiger partial charge is 0.481 e. The summed E-state index contributed by atoms with van der Waals surface area (Å²) >= 11 is 6.53. The zero-order valence-electron chi connectivity index (χ0n) is 16.8. The first-order valence-electron chi connectivity index (χ1n) is 9.87. The number of H-pyrrole nitrogens is 1. The summed E-state index contributed by atoms with van der Waals surface area (Å²) in [4.78, 5) is 18.6. The molecule has 0 spiro atoms. The van der Waals surface area contributed by atoms with Crippen LogP contribution in [0.25, 0.3) is 22.4 Å². The minimum absolute atomic E-state index is 0.311. The van der Waals surface area contributed by atoms with Crippen LogP contribution in [-0.2, 0) is 4.74 Å². The number of benzene rings is 1. The number of fused-ring (bicyclic) bond motifs is 1. The molecule has 1 aliphatic rings. The number of aromatic nitrogens is 4. The van der Waals surface area contributed by atoms with Gasteiger partial charge in [0.2, 0.25) is 5.88 Å². The first-order chi connectivity index (χ1) is 15.2. The molecule has 0 saturated carbocycles. The van der Waals surface area contributed by atoms with Crippen LogP contribution in [0, 0.1) is 0 Å². The van der Waals surface area contributed by atoms with Crippen molar-refractivity contribution in [1.29, 1.82) is 0 Å². The minimum atomic E-state index is 0.311. The topological polar surface area (TPSA) is 85.4 Å². The number of rotatable bonds is 5. The Morgan fingerprint density at radius 1 is 1.06 bits per heavy atom. The average Bonchev–Trinajstić information content (AvgIpc) is 3.20. The average molecular weight is 438 g/mol. The molecule has 158 valence electrons. The number of aromatic amines is 1. The van der Waals surface area contributed by atoms with Gasteiger partial charge in [-0.2, -0.15) is 4.98 Å². The van der Waals surface area contributed by atoms with E-state index in [1.54, 1.807) is 31.5 Å². The van der Waals surface area contributed by atoms with Gasteiger partial charge in [0.05, 0.1) is 42.8 Å². The Morgan fingerprint density at radius 3 is 2.58 bits per heavy atom. The number of hydrogen-bond acceptors (Lipinski definition) is 7. The van der Waals surface area contributed by atoms with Crippen molar-refractivity contribution in [2.75, 3.05) is 38.3 Å². The lowest BCUT2D eigenvalue weighted by molar-refractivity contribution is 0.122. The molecular weight excluding hydrogens is 418 g/mol. The highest BCUT2D eigenvalue weighted by atomic mass is 35.5. The lowest BCUT2D eigenvalue weighted by Gasteiger charge is -2.28. The first kappa shape index (κ1) is 19.6. The van der Waals surface area contributed by atoms with E-state index in [1.807, 2.05) is 12.1 Å². The molecule has 1 N–H and O–H groups in total. The maximum absolute atomic E-state index is 6.53. The number of hydrogen-bond donors (Lipinski definition) is 1. The number of nitrogens with zero attached hydrogens (tertiary/aromatic N) is 4. The van der Waals surface area contributed by atoms with E-state index in [-0.39, 0.29) is 0 Å². The lowest BCUT2D eigenvalue weighted by Crippen LogP contribution is -2.36. The number of ether oxygens (including phenoxy) is 3. The van der Waals surface area contributed by atoms with Crippen LogP contribution in [0.2, 0.25) is 5.02 Å². The molecule has 0 aliphatic carbocycles. The van der Waals surface area contributed by atoms with Gasteiger partial charge < -0.3 is 24.1 Å². The highest BCUT2D eigenvalue weighted by molar-refractivity contribution is 6.33. The van der Waals surface area contributed by atoms with Crippen LogP contribution >= 0.6 is 11.6 Å². The van der Waals surface area contributed by atoms with E-state index in [4.69, 9.17) is 25.8 Å². The van der Waals surface area contributed by atoms with Crippen LogP contribution in [0.3, 0.4) is 0 Å². The van der Waals surface area contributed by atoms with E-state index in [1.165, 1.54) is 0 Å². The van der Waals surface area contributed by atoms with Gasteiger partial charge in [-0.1, -0.05) is 23.7 Å². The molecule has 1 aliphatic heterocycles. The zero-order valence-corrected chi connectivity index (χ0v) is 17.6. The fourth-order valence-electron chi connectivity index (χ4n) is 3.46. The van der Waals surface area contributed by atoms with E-state index < -0.39 is 0 Å². The third-order valence-corrected chi connectivity index (χ3v) is 5.34. The molecular formula is C22H20ClN5O3. The molecule has 3 aromatic heterocycles. The van der Waals surface area contributed by atoms with Crippen molar-refractivity contribution in [3.05, 3.63) is 53.7 Å². The molecule has 5 rings (SSSR count). The molecule has 1 aromatic carbocycles. The maximum atomic E-state index is 6.53. The smallest absolute Gasteiger partial charge is 0.301 e. The summed E-state index contributed by atoms with van der Waals surface area (Å²) in [5.41, 5.74) is 3.97. The minimum Gasteiger partial charge on any atom is -0.481 e. The van der Waals surface area contributed by atoms with E-state index in [0.717, 1.165) is 37.6 Å². The van der Waals surface area contributed by atoms with Crippen LogP contribution < -0.4 is 14.4 Å². The number of pyridine rings is 2. The van der Waals surface area contributed by atoms with Gasteiger partial charge in [-0.05, 0) is 24.3 Å². The van der Waals surface area contributed by atoms with Gasteiger partial charge in [0, 0.05) is 30.4 Å². The summed E-state index contributed by atoms with van der Waals surface area (Å²) in [6.07, 6.45) is 1.56. The normalized spacial score (nSPS) is 14.1. The van der Waals surface area contributed by atoms with E-state index >= 15 is 0 Å². The molecule has 0 unspecified atom stereocenters. The van der Waals surface area contributed by atoms with Crippen LogP contribution in [0.5, 0.6) is 17.6 Å². The number of anilines is 1. The Hall–Kier alpha value is -3.36. The Bertz CT molecular complexity index is 1190. The van der Waals surface area contributed by atoms with Crippen LogP contribution in [0.15, 0.2) is 48.7 Å². The fraction of sp³-hybridized carbons (Fsp3) is 0.227. The predicted octanol–water partition coefficient (Wildman–Crippen LogP) is 4.31. The Labute approximate surface area is 183 Å². The summed E-state index contributed by atoms with van der Waals surface area (Å²) in [6.45, 7) is 3.29. The van der Waals surface area contributed by atoms with E-state index in [0.29, 0.717) is 39.5 Å². The predicted molar refractivity (Wildman–Crippen MR) is 118 cm³/mol. The third kappa shape index (κ3) is 4.12. The fourth-order valence-corrected chi connectivity index (χ4v) is 3.72. The molecule has 31 heavy (non-hydrogen) atoms. The molecule has 0 bridgehead atoms. The number of halogens is 1. The van der Waals surface area contributed by atoms with Gasteiger partial charge in [-0.15, -0.1) is 0 Å². The number of methoxy groups -OCH3 is 1. The van der Waals surface area contributed by atoms with Crippen molar-refractivity contribution in [3.8, 4) is 28.9 Å². The summed E-state index contributed by atoms with van der Waals surface area (Å²) in [5, 5.41) is 0.535. The van der Waals surface area contributed by atoms with Crippen molar-refractivity contribution in [2.45, 2.75) is 0 Å². The monoisotopic (exact) mass is 437 g/mol. The molecule has 8 nitrogen and oxygen atoms in total. The van der Waals surface area contributed by atoms with Gasteiger partial charge in [-0.25, -0.2) is 9.97 Å².